The summed E-state index contributed by atoms with van der Waals surface area (Å²) >= 11 is 0. The molecule has 0 spiro atoms. The summed E-state index contributed by atoms with van der Waals surface area (Å²) in [6.07, 6.45) is 3.22. The Hall–Kier alpha value is -1.85. The topological polar surface area (TPSA) is 66.7 Å². The number of rotatable bonds is 2. The molecule has 0 aromatic carbocycles. The molecule has 1 aliphatic carbocycles. The summed E-state index contributed by atoms with van der Waals surface area (Å²) in [4.78, 5) is 28.4. The monoisotopic (exact) mass is 291 g/mol. The van der Waals surface area contributed by atoms with E-state index >= 15 is 0 Å². The molecule has 0 unspecified atom stereocenters. The minimum Gasteiger partial charge on any atom is -0.361 e. The lowest BCUT2D eigenvalue weighted by atomic mass is 9.84. The number of piperazine rings is 1. The Labute approximate surface area is 124 Å². The minimum atomic E-state index is -0.0398. The molecule has 2 amide bonds. The first-order valence-electron chi connectivity index (χ1n) is 7.59. The first-order valence-corrected chi connectivity index (χ1v) is 7.59. The molecule has 2 aliphatic rings. The fourth-order valence-electron chi connectivity index (χ4n) is 2.99. The molecule has 0 N–H and O–H groups in total. The number of aryl methyl sites for hydroxylation is 2. The van der Waals surface area contributed by atoms with Gasteiger partial charge in [-0.2, -0.15) is 0 Å². The molecule has 1 saturated heterocycles. The van der Waals surface area contributed by atoms with E-state index in [1.54, 1.807) is 18.7 Å². The summed E-state index contributed by atoms with van der Waals surface area (Å²) in [6, 6.07) is 0. The molecule has 1 aliphatic heterocycles. The van der Waals surface area contributed by atoms with Crippen molar-refractivity contribution >= 4 is 11.8 Å². The van der Waals surface area contributed by atoms with Gasteiger partial charge in [0.2, 0.25) is 5.91 Å². The second-order valence-corrected chi connectivity index (χ2v) is 5.94. The van der Waals surface area contributed by atoms with Crippen LogP contribution in [0.5, 0.6) is 0 Å². The second-order valence-electron chi connectivity index (χ2n) is 5.94. The third kappa shape index (κ3) is 2.54. The van der Waals surface area contributed by atoms with E-state index in [1.165, 1.54) is 6.42 Å². The number of carbonyl (C=O) groups is 2. The molecule has 1 aromatic heterocycles. The maximum Gasteiger partial charge on any atom is 0.259 e. The van der Waals surface area contributed by atoms with Crippen LogP contribution < -0.4 is 0 Å². The van der Waals surface area contributed by atoms with E-state index in [1.807, 2.05) is 4.90 Å². The summed E-state index contributed by atoms with van der Waals surface area (Å²) in [5.41, 5.74) is 1.19. The van der Waals surface area contributed by atoms with Crippen molar-refractivity contribution in [3.8, 4) is 0 Å². The van der Waals surface area contributed by atoms with Crippen molar-refractivity contribution in [1.82, 2.24) is 15.0 Å². The number of hydrogen-bond donors (Lipinski definition) is 0. The van der Waals surface area contributed by atoms with Crippen molar-refractivity contribution in [1.29, 1.82) is 0 Å². The van der Waals surface area contributed by atoms with Crippen LogP contribution in [-0.4, -0.2) is 52.9 Å². The van der Waals surface area contributed by atoms with Crippen LogP contribution in [0.3, 0.4) is 0 Å². The molecule has 6 heteroatoms. The van der Waals surface area contributed by atoms with E-state index in [9.17, 15) is 9.59 Å². The van der Waals surface area contributed by atoms with Crippen LogP contribution in [0.25, 0.3) is 0 Å². The average Bonchev–Trinajstić information content (AvgIpc) is 2.76. The Morgan fingerprint density at radius 1 is 1.10 bits per heavy atom. The van der Waals surface area contributed by atoms with E-state index in [2.05, 4.69) is 5.16 Å². The molecule has 6 nitrogen and oxygen atoms in total. The minimum absolute atomic E-state index is 0.0398. The summed E-state index contributed by atoms with van der Waals surface area (Å²) in [7, 11) is 0. The molecule has 2 heterocycles. The quantitative estimate of drug-likeness (QED) is 0.825. The predicted molar refractivity (Wildman–Crippen MR) is 75.8 cm³/mol. The Morgan fingerprint density at radius 2 is 1.71 bits per heavy atom. The predicted octanol–water partition coefficient (Wildman–Crippen LogP) is 1.38. The van der Waals surface area contributed by atoms with Crippen molar-refractivity contribution in [2.45, 2.75) is 33.1 Å². The van der Waals surface area contributed by atoms with Crippen LogP contribution in [0.4, 0.5) is 0 Å². The largest absolute Gasteiger partial charge is 0.361 e. The second kappa shape index (κ2) is 5.50. The van der Waals surface area contributed by atoms with E-state index in [-0.39, 0.29) is 17.7 Å². The maximum absolute atomic E-state index is 12.5. The standard InChI is InChI=1S/C15H21N3O3/c1-10-13(11(2)21-16-10)15(20)18-8-6-17(7-9-18)14(19)12-4-3-5-12/h12H,3-9H2,1-2H3. The molecule has 0 atom stereocenters. The summed E-state index contributed by atoms with van der Waals surface area (Å²) in [5.74, 6) is 1.02. The molecule has 114 valence electrons. The lowest BCUT2D eigenvalue weighted by molar-refractivity contribution is -0.139. The lowest BCUT2D eigenvalue weighted by Crippen LogP contribution is -2.52. The van der Waals surface area contributed by atoms with Gasteiger partial charge in [0.15, 0.2) is 0 Å². The maximum atomic E-state index is 12.5. The Balaban J connectivity index is 1.60. The zero-order chi connectivity index (χ0) is 15.0. The molecular weight excluding hydrogens is 270 g/mol. The van der Waals surface area contributed by atoms with Gasteiger partial charge in [0.1, 0.15) is 11.3 Å². The van der Waals surface area contributed by atoms with Crippen LogP contribution in [0.15, 0.2) is 4.52 Å². The first-order chi connectivity index (χ1) is 10.1. The zero-order valence-electron chi connectivity index (χ0n) is 12.6. The molecule has 1 saturated carbocycles. The summed E-state index contributed by atoms with van der Waals surface area (Å²) in [5, 5.41) is 3.83. The summed E-state index contributed by atoms with van der Waals surface area (Å²) in [6.45, 7) is 5.96. The number of carbonyl (C=O) groups excluding carboxylic acids is 2. The van der Waals surface area contributed by atoms with Gasteiger partial charge >= 0.3 is 0 Å². The van der Waals surface area contributed by atoms with Crippen molar-refractivity contribution in [2.75, 3.05) is 26.2 Å². The van der Waals surface area contributed by atoms with E-state index in [0.717, 1.165) is 12.8 Å². The van der Waals surface area contributed by atoms with E-state index in [4.69, 9.17) is 4.52 Å². The molecule has 21 heavy (non-hydrogen) atoms. The summed E-state index contributed by atoms with van der Waals surface area (Å²) < 4.78 is 5.06. The van der Waals surface area contributed by atoms with Crippen LogP contribution in [0.2, 0.25) is 0 Å². The van der Waals surface area contributed by atoms with Crippen LogP contribution in [0.1, 0.15) is 41.1 Å². The highest BCUT2D eigenvalue weighted by Crippen LogP contribution is 2.28. The molecule has 0 radical (unpaired) electrons. The van der Waals surface area contributed by atoms with Crippen LogP contribution in [0, 0.1) is 19.8 Å². The molecule has 2 fully saturated rings. The SMILES string of the molecule is Cc1noc(C)c1C(=O)N1CCN(C(=O)C2CCC2)CC1. The fourth-order valence-corrected chi connectivity index (χ4v) is 2.99. The fraction of sp³-hybridized carbons (Fsp3) is 0.667. The van der Waals surface area contributed by atoms with Crippen molar-refractivity contribution in [3.63, 3.8) is 0 Å². The van der Waals surface area contributed by atoms with Gasteiger partial charge in [-0.1, -0.05) is 11.6 Å². The number of nitrogens with zero attached hydrogens (tertiary/aromatic N) is 3. The third-order valence-corrected chi connectivity index (χ3v) is 4.58. The van der Waals surface area contributed by atoms with Gasteiger partial charge in [0.25, 0.3) is 5.91 Å². The van der Waals surface area contributed by atoms with Crippen LogP contribution in [-0.2, 0) is 4.79 Å². The van der Waals surface area contributed by atoms with Crippen molar-refractivity contribution in [2.24, 2.45) is 5.92 Å². The number of amides is 2. The van der Waals surface area contributed by atoms with Crippen LogP contribution >= 0.6 is 0 Å². The Bertz CT molecular complexity index is 535. The van der Waals surface area contributed by atoms with Gasteiger partial charge in [0.05, 0.1) is 5.69 Å². The number of hydrogen-bond acceptors (Lipinski definition) is 4. The third-order valence-electron chi connectivity index (χ3n) is 4.58. The molecular formula is C15H21N3O3. The highest BCUT2D eigenvalue weighted by molar-refractivity contribution is 5.96. The van der Waals surface area contributed by atoms with Gasteiger partial charge in [-0.05, 0) is 26.7 Å². The molecule has 1 aromatic rings. The van der Waals surface area contributed by atoms with Crippen molar-refractivity contribution < 1.29 is 14.1 Å². The van der Waals surface area contributed by atoms with Crippen molar-refractivity contribution in [3.05, 3.63) is 17.0 Å². The van der Waals surface area contributed by atoms with Gasteiger partial charge in [0, 0.05) is 32.1 Å². The van der Waals surface area contributed by atoms with E-state index in [0.29, 0.717) is 43.2 Å². The number of aromatic nitrogens is 1. The molecule has 3 rings (SSSR count). The lowest BCUT2D eigenvalue weighted by Gasteiger charge is -2.38. The van der Waals surface area contributed by atoms with Gasteiger partial charge in [-0.15, -0.1) is 0 Å². The Kier molecular flexibility index (Phi) is 3.69. The Morgan fingerprint density at radius 3 is 2.19 bits per heavy atom. The highest BCUT2D eigenvalue weighted by Gasteiger charge is 2.33. The van der Waals surface area contributed by atoms with Gasteiger partial charge in [-0.3, -0.25) is 9.59 Å². The average molecular weight is 291 g/mol. The first kappa shape index (κ1) is 14.1. The highest BCUT2D eigenvalue weighted by atomic mass is 16.5. The molecule has 0 bridgehead atoms. The zero-order valence-corrected chi connectivity index (χ0v) is 12.6. The van der Waals surface area contributed by atoms with Gasteiger partial charge in [-0.25, -0.2) is 0 Å². The van der Waals surface area contributed by atoms with E-state index < -0.39 is 0 Å². The normalized spacial score (nSPS) is 19.5. The smallest absolute Gasteiger partial charge is 0.259 e. The van der Waals surface area contributed by atoms with Gasteiger partial charge < -0.3 is 14.3 Å².